The first-order chi connectivity index (χ1) is 8.06. The Balaban J connectivity index is 2.38. The monoisotopic (exact) mass is 288 g/mol. The SMILES string of the molecule is O=c1cc(Cl)ncn1Cc1cc(Cl)ccc1Cl. The lowest BCUT2D eigenvalue weighted by atomic mass is 10.2. The van der Waals surface area contributed by atoms with E-state index in [1.165, 1.54) is 17.0 Å². The summed E-state index contributed by atoms with van der Waals surface area (Å²) in [5, 5.41) is 1.29. The van der Waals surface area contributed by atoms with Crippen molar-refractivity contribution in [2.45, 2.75) is 6.54 Å². The largest absolute Gasteiger partial charge is 0.295 e. The molecule has 0 saturated carbocycles. The summed E-state index contributed by atoms with van der Waals surface area (Å²) in [6.07, 6.45) is 1.38. The number of hydrogen-bond donors (Lipinski definition) is 0. The van der Waals surface area contributed by atoms with Gasteiger partial charge in [0.1, 0.15) is 5.15 Å². The summed E-state index contributed by atoms with van der Waals surface area (Å²) in [5.41, 5.74) is 0.520. The van der Waals surface area contributed by atoms with Gasteiger partial charge in [-0.2, -0.15) is 0 Å². The summed E-state index contributed by atoms with van der Waals surface area (Å²) in [6, 6.07) is 6.34. The van der Waals surface area contributed by atoms with Gasteiger partial charge < -0.3 is 0 Å². The maximum Gasteiger partial charge on any atom is 0.255 e. The van der Waals surface area contributed by atoms with Crippen LogP contribution in [0, 0.1) is 0 Å². The van der Waals surface area contributed by atoms with Gasteiger partial charge in [-0.1, -0.05) is 34.8 Å². The number of benzene rings is 1. The molecule has 0 aliphatic heterocycles. The fourth-order valence-corrected chi connectivity index (χ4v) is 1.88. The van der Waals surface area contributed by atoms with E-state index in [0.29, 0.717) is 16.6 Å². The summed E-state index contributed by atoms with van der Waals surface area (Å²) in [5.74, 6) is 0. The van der Waals surface area contributed by atoms with E-state index in [0.717, 1.165) is 5.56 Å². The highest BCUT2D eigenvalue weighted by Gasteiger charge is 2.04. The molecule has 0 unspecified atom stereocenters. The molecule has 1 aromatic heterocycles. The standard InChI is InChI=1S/C11H7Cl3N2O/c12-8-1-2-9(13)7(3-8)5-16-6-15-10(14)4-11(16)17/h1-4,6H,5H2. The van der Waals surface area contributed by atoms with Crippen molar-refractivity contribution in [2.75, 3.05) is 0 Å². The summed E-state index contributed by atoms with van der Waals surface area (Å²) in [6.45, 7) is 0.308. The Morgan fingerprint density at radius 3 is 2.65 bits per heavy atom. The van der Waals surface area contributed by atoms with Crippen LogP contribution in [0.4, 0.5) is 0 Å². The molecule has 1 aromatic carbocycles. The lowest BCUT2D eigenvalue weighted by Gasteiger charge is -2.07. The third-order valence-corrected chi connectivity index (χ3v) is 3.01. The van der Waals surface area contributed by atoms with Gasteiger partial charge in [-0.25, -0.2) is 4.98 Å². The molecule has 0 saturated heterocycles. The van der Waals surface area contributed by atoms with E-state index in [1.807, 2.05) is 0 Å². The van der Waals surface area contributed by atoms with Gasteiger partial charge in [0.2, 0.25) is 0 Å². The number of rotatable bonds is 2. The second-order valence-electron chi connectivity index (χ2n) is 3.41. The van der Waals surface area contributed by atoms with Crippen LogP contribution in [0.25, 0.3) is 0 Å². The fourth-order valence-electron chi connectivity index (χ4n) is 1.37. The molecular weight excluding hydrogens is 282 g/mol. The minimum absolute atomic E-state index is 0.170. The average Bonchev–Trinajstić information content (AvgIpc) is 2.27. The highest BCUT2D eigenvalue weighted by atomic mass is 35.5. The quantitative estimate of drug-likeness (QED) is 0.796. The van der Waals surface area contributed by atoms with Gasteiger partial charge >= 0.3 is 0 Å². The van der Waals surface area contributed by atoms with Crippen molar-refractivity contribution in [3.63, 3.8) is 0 Å². The average molecular weight is 290 g/mol. The molecule has 0 fully saturated rings. The fraction of sp³-hybridized carbons (Fsp3) is 0.0909. The van der Waals surface area contributed by atoms with Gasteiger partial charge in [-0.05, 0) is 23.8 Å². The van der Waals surface area contributed by atoms with E-state index in [1.54, 1.807) is 18.2 Å². The van der Waals surface area contributed by atoms with Gasteiger partial charge in [-0.15, -0.1) is 0 Å². The summed E-state index contributed by atoms with van der Waals surface area (Å²) >= 11 is 17.5. The van der Waals surface area contributed by atoms with Crippen LogP contribution >= 0.6 is 34.8 Å². The molecule has 17 heavy (non-hydrogen) atoms. The normalized spacial score (nSPS) is 10.5. The first-order valence-corrected chi connectivity index (χ1v) is 5.85. The van der Waals surface area contributed by atoms with E-state index in [-0.39, 0.29) is 10.7 Å². The van der Waals surface area contributed by atoms with Crippen molar-refractivity contribution in [2.24, 2.45) is 0 Å². The number of nitrogens with zero attached hydrogens (tertiary/aromatic N) is 2. The highest BCUT2D eigenvalue weighted by molar-refractivity contribution is 6.33. The Bertz CT molecular complexity index is 610. The molecule has 0 radical (unpaired) electrons. The number of hydrogen-bond acceptors (Lipinski definition) is 2. The van der Waals surface area contributed by atoms with Gasteiger partial charge in [0.25, 0.3) is 5.56 Å². The first kappa shape index (κ1) is 12.4. The van der Waals surface area contributed by atoms with Crippen LogP contribution in [-0.4, -0.2) is 9.55 Å². The third-order valence-electron chi connectivity index (χ3n) is 2.19. The van der Waals surface area contributed by atoms with Crippen molar-refractivity contribution >= 4 is 34.8 Å². The van der Waals surface area contributed by atoms with E-state index < -0.39 is 0 Å². The van der Waals surface area contributed by atoms with E-state index >= 15 is 0 Å². The lowest BCUT2D eigenvalue weighted by molar-refractivity contribution is 0.736. The zero-order valence-corrected chi connectivity index (χ0v) is 10.8. The van der Waals surface area contributed by atoms with Crippen LogP contribution in [0.5, 0.6) is 0 Å². The summed E-state index contributed by atoms with van der Waals surface area (Å²) in [7, 11) is 0. The van der Waals surface area contributed by atoms with Crippen molar-refractivity contribution < 1.29 is 0 Å². The maximum atomic E-state index is 11.6. The van der Waals surface area contributed by atoms with Crippen molar-refractivity contribution in [1.82, 2.24) is 9.55 Å². The molecule has 2 aromatic rings. The molecule has 0 aliphatic carbocycles. The third kappa shape index (κ3) is 3.00. The minimum atomic E-state index is -0.235. The van der Waals surface area contributed by atoms with Gasteiger partial charge in [0.05, 0.1) is 12.9 Å². The Hall–Kier alpha value is -1.03. The summed E-state index contributed by atoms with van der Waals surface area (Å²) in [4.78, 5) is 15.4. The van der Waals surface area contributed by atoms with Crippen LogP contribution in [0.1, 0.15) is 5.56 Å². The van der Waals surface area contributed by atoms with Crippen molar-refractivity contribution in [1.29, 1.82) is 0 Å². The number of aromatic nitrogens is 2. The predicted molar refractivity (Wildman–Crippen MR) is 69.1 cm³/mol. The molecule has 88 valence electrons. The smallest absolute Gasteiger partial charge is 0.255 e. The molecule has 0 atom stereocenters. The molecule has 1 heterocycles. The van der Waals surface area contributed by atoms with Crippen LogP contribution in [0.2, 0.25) is 15.2 Å². The van der Waals surface area contributed by atoms with E-state index in [2.05, 4.69) is 4.98 Å². The van der Waals surface area contributed by atoms with Crippen LogP contribution in [-0.2, 0) is 6.54 Å². The van der Waals surface area contributed by atoms with E-state index in [9.17, 15) is 4.79 Å². The minimum Gasteiger partial charge on any atom is -0.295 e. The van der Waals surface area contributed by atoms with Crippen molar-refractivity contribution in [3.8, 4) is 0 Å². The van der Waals surface area contributed by atoms with Crippen LogP contribution in [0.15, 0.2) is 35.4 Å². The van der Waals surface area contributed by atoms with Crippen LogP contribution in [0.3, 0.4) is 0 Å². The first-order valence-electron chi connectivity index (χ1n) is 4.72. The molecule has 2 rings (SSSR count). The van der Waals surface area contributed by atoms with Crippen LogP contribution < -0.4 is 5.56 Å². The Kier molecular flexibility index (Phi) is 3.72. The maximum absolute atomic E-state index is 11.6. The van der Waals surface area contributed by atoms with Gasteiger partial charge in [0, 0.05) is 16.1 Å². The molecule has 0 amide bonds. The zero-order chi connectivity index (χ0) is 12.4. The molecular formula is C11H7Cl3N2O. The Morgan fingerprint density at radius 1 is 1.18 bits per heavy atom. The number of halogens is 3. The second kappa shape index (κ2) is 5.08. The second-order valence-corrected chi connectivity index (χ2v) is 4.64. The Morgan fingerprint density at radius 2 is 1.94 bits per heavy atom. The molecule has 6 heteroatoms. The predicted octanol–water partition coefficient (Wildman–Crippen LogP) is 3.25. The van der Waals surface area contributed by atoms with Crippen molar-refractivity contribution in [3.05, 3.63) is 61.7 Å². The molecule has 0 aliphatic rings. The molecule has 0 N–H and O–H groups in total. The van der Waals surface area contributed by atoms with Gasteiger partial charge in [0.15, 0.2) is 0 Å². The zero-order valence-electron chi connectivity index (χ0n) is 8.53. The molecule has 0 spiro atoms. The van der Waals surface area contributed by atoms with Gasteiger partial charge in [-0.3, -0.25) is 9.36 Å². The van der Waals surface area contributed by atoms with E-state index in [4.69, 9.17) is 34.8 Å². The topological polar surface area (TPSA) is 34.9 Å². The molecule has 0 bridgehead atoms. The summed E-state index contributed by atoms with van der Waals surface area (Å²) < 4.78 is 1.41. The lowest BCUT2D eigenvalue weighted by Crippen LogP contribution is -2.20. The molecule has 3 nitrogen and oxygen atoms in total. The highest BCUT2D eigenvalue weighted by Crippen LogP contribution is 2.21. The Labute approximate surface area is 113 Å².